The summed E-state index contributed by atoms with van der Waals surface area (Å²) in [4.78, 5) is -1.11. The van der Waals surface area contributed by atoms with Crippen LogP contribution in [0, 0.1) is 5.82 Å². The molecular weight excluding hydrogens is 307 g/mol. The van der Waals surface area contributed by atoms with E-state index in [0.29, 0.717) is 11.6 Å². The normalized spacial score (nSPS) is 12.7. The first kappa shape index (κ1) is 16.8. The quantitative estimate of drug-likeness (QED) is 0.806. The Labute approximate surface area is 117 Å². The minimum absolute atomic E-state index is 0.0265. The number of likely N-dealkylation sites (N-methyl/N-ethyl adjacent to an activating group) is 1. The minimum atomic E-state index is -4.09. The van der Waals surface area contributed by atoms with Gasteiger partial charge in [0.05, 0.1) is 4.90 Å². The van der Waals surface area contributed by atoms with Gasteiger partial charge in [-0.15, -0.1) is 0 Å². The van der Waals surface area contributed by atoms with Gasteiger partial charge in [-0.25, -0.2) is 26.4 Å². The zero-order valence-electron chi connectivity index (χ0n) is 11.0. The highest BCUT2D eigenvalue weighted by Crippen LogP contribution is 2.21. The van der Waals surface area contributed by atoms with Crippen LogP contribution in [-0.4, -0.2) is 34.7 Å². The van der Waals surface area contributed by atoms with E-state index in [1.54, 1.807) is 6.92 Å². The average molecular weight is 322 g/mol. The van der Waals surface area contributed by atoms with E-state index in [4.69, 9.17) is 5.14 Å². The molecule has 0 bridgehead atoms. The number of primary sulfonamides is 1. The molecule has 0 atom stereocenters. The number of halogens is 1. The molecule has 6 nitrogen and oxygen atoms in total. The van der Waals surface area contributed by atoms with Gasteiger partial charge in [0.25, 0.3) is 0 Å². The summed E-state index contributed by atoms with van der Waals surface area (Å²) in [5.74, 6) is -1.18. The maximum absolute atomic E-state index is 13.8. The van der Waals surface area contributed by atoms with E-state index >= 15 is 0 Å². The van der Waals surface area contributed by atoms with E-state index in [-0.39, 0.29) is 6.54 Å². The second-order valence-corrected chi connectivity index (χ2v) is 7.93. The molecule has 0 aliphatic carbocycles. The lowest BCUT2D eigenvalue weighted by atomic mass is 10.3. The lowest BCUT2D eigenvalue weighted by Gasteiger charge is -2.17. The first-order valence-electron chi connectivity index (χ1n) is 5.39. The van der Waals surface area contributed by atoms with E-state index in [1.165, 1.54) is 7.05 Å². The Kier molecular flexibility index (Phi) is 4.70. The third-order valence-corrected chi connectivity index (χ3v) is 5.16. The van der Waals surface area contributed by atoms with Crippen molar-refractivity contribution in [2.75, 3.05) is 13.6 Å². The number of hydrogen-bond acceptors (Lipinski definition) is 4. The largest absolute Gasteiger partial charge is 0.246 e. The second kappa shape index (κ2) is 5.60. The summed E-state index contributed by atoms with van der Waals surface area (Å²) in [6.45, 7) is 5.23. The summed E-state index contributed by atoms with van der Waals surface area (Å²) in [6.07, 6.45) is 0. The zero-order valence-corrected chi connectivity index (χ0v) is 12.6. The lowest BCUT2D eigenvalue weighted by Crippen LogP contribution is -2.29. The summed E-state index contributed by atoms with van der Waals surface area (Å²) >= 11 is 0. The Bertz CT molecular complexity index is 742. The Morgan fingerprint density at radius 2 is 1.90 bits per heavy atom. The number of nitrogens with zero attached hydrogens (tertiary/aromatic N) is 1. The second-order valence-electron chi connectivity index (χ2n) is 4.36. The number of hydrogen-bond donors (Lipinski definition) is 1. The molecule has 0 aliphatic rings. The summed E-state index contributed by atoms with van der Waals surface area (Å²) in [7, 11) is -6.88. The van der Waals surface area contributed by atoms with Crippen molar-refractivity contribution in [3.63, 3.8) is 0 Å². The molecule has 0 saturated carbocycles. The third-order valence-electron chi connectivity index (χ3n) is 2.41. The van der Waals surface area contributed by atoms with Gasteiger partial charge < -0.3 is 0 Å². The summed E-state index contributed by atoms with van der Waals surface area (Å²) in [6, 6.07) is 2.40. The molecule has 9 heteroatoms. The van der Waals surface area contributed by atoms with Crippen LogP contribution in [0.25, 0.3) is 0 Å². The highest BCUT2D eigenvalue weighted by Gasteiger charge is 2.25. The van der Waals surface area contributed by atoms with Gasteiger partial charge in [0.15, 0.2) is 0 Å². The van der Waals surface area contributed by atoms with Gasteiger partial charge >= 0.3 is 0 Å². The van der Waals surface area contributed by atoms with Crippen LogP contribution in [0.5, 0.6) is 0 Å². The first-order chi connectivity index (χ1) is 8.96. The molecule has 1 rings (SSSR count). The fraction of sp³-hybridized carbons (Fsp3) is 0.273. The first-order valence-corrected chi connectivity index (χ1v) is 8.38. The Morgan fingerprint density at radius 1 is 1.35 bits per heavy atom. The molecule has 112 valence electrons. The molecule has 0 aliphatic heterocycles. The van der Waals surface area contributed by atoms with Crippen LogP contribution >= 0.6 is 0 Å². The average Bonchev–Trinajstić information content (AvgIpc) is 2.26. The zero-order chi connectivity index (χ0) is 15.7. The molecule has 0 heterocycles. The van der Waals surface area contributed by atoms with Crippen molar-refractivity contribution < 1.29 is 21.2 Å². The van der Waals surface area contributed by atoms with Crippen LogP contribution < -0.4 is 5.14 Å². The highest BCUT2D eigenvalue weighted by atomic mass is 32.2. The fourth-order valence-electron chi connectivity index (χ4n) is 1.50. The summed E-state index contributed by atoms with van der Waals surface area (Å²) in [5.41, 5.74) is 0.581. The van der Waals surface area contributed by atoms with Crippen LogP contribution in [0.2, 0.25) is 0 Å². The maximum Gasteiger partial charge on any atom is 0.246 e. The number of nitrogens with two attached hydrogens (primary N) is 1. The Hall–Kier alpha value is -1.29. The molecule has 2 N–H and O–H groups in total. The SMILES string of the molecule is C=C(C)CN(C)S(=O)(=O)c1ccc(S(N)(=O)=O)cc1F. The van der Waals surface area contributed by atoms with Gasteiger partial charge in [-0.1, -0.05) is 12.2 Å². The molecule has 0 fully saturated rings. The van der Waals surface area contributed by atoms with Crippen LogP contribution in [0.1, 0.15) is 6.92 Å². The molecule has 20 heavy (non-hydrogen) atoms. The molecule has 0 unspecified atom stereocenters. The summed E-state index contributed by atoms with van der Waals surface area (Å²) in [5, 5.41) is 4.84. The number of sulfonamides is 2. The van der Waals surface area contributed by atoms with Gasteiger partial charge in [-0.2, -0.15) is 4.31 Å². The van der Waals surface area contributed by atoms with Gasteiger partial charge in [-0.3, -0.25) is 0 Å². The molecule has 1 aromatic rings. The molecule has 0 spiro atoms. The van der Waals surface area contributed by atoms with Crippen molar-refractivity contribution in [3.05, 3.63) is 36.2 Å². The lowest BCUT2D eigenvalue weighted by molar-refractivity contribution is 0.483. The predicted octanol–water partition coefficient (Wildman–Crippen LogP) is 0.670. The Balaban J connectivity index is 3.31. The van der Waals surface area contributed by atoms with E-state index in [2.05, 4.69) is 6.58 Å². The predicted molar refractivity (Wildman–Crippen MR) is 72.4 cm³/mol. The van der Waals surface area contributed by atoms with Crippen molar-refractivity contribution in [1.82, 2.24) is 4.31 Å². The number of benzene rings is 1. The molecule has 0 aromatic heterocycles. The van der Waals surface area contributed by atoms with Crippen molar-refractivity contribution >= 4 is 20.0 Å². The smallest absolute Gasteiger partial charge is 0.225 e. The Morgan fingerprint density at radius 3 is 2.30 bits per heavy atom. The van der Waals surface area contributed by atoms with Crippen molar-refractivity contribution in [2.24, 2.45) is 5.14 Å². The van der Waals surface area contributed by atoms with Crippen molar-refractivity contribution in [1.29, 1.82) is 0 Å². The van der Waals surface area contributed by atoms with E-state index in [9.17, 15) is 21.2 Å². The van der Waals surface area contributed by atoms with Gasteiger partial charge in [0.2, 0.25) is 20.0 Å². The molecular formula is C11H15FN2O4S2. The fourth-order valence-corrected chi connectivity index (χ4v) is 3.30. The molecule has 0 amide bonds. The maximum atomic E-state index is 13.8. The van der Waals surface area contributed by atoms with E-state index < -0.39 is 35.7 Å². The standard InChI is InChI=1S/C11H15FN2O4S2/c1-8(2)7-14(3)20(17,18)11-5-4-9(6-10(11)12)19(13,15)16/h4-6H,1,7H2,2-3H3,(H2,13,15,16). The monoisotopic (exact) mass is 322 g/mol. The van der Waals surface area contributed by atoms with Crippen LogP contribution in [-0.2, 0) is 20.0 Å². The molecule has 1 aromatic carbocycles. The summed E-state index contributed by atoms with van der Waals surface area (Å²) < 4.78 is 61.1. The highest BCUT2D eigenvalue weighted by molar-refractivity contribution is 7.89. The van der Waals surface area contributed by atoms with Crippen molar-refractivity contribution in [2.45, 2.75) is 16.7 Å². The van der Waals surface area contributed by atoms with E-state index in [1.807, 2.05) is 0 Å². The topological polar surface area (TPSA) is 97.5 Å². The third kappa shape index (κ3) is 3.63. The van der Waals surface area contributed by atoms with Gasteiger partial charge in [0.1, 0.15) is 10.7 Å². The van der Waals surface area contributed by atoms with Gasteiger partial charge in [0, 0.05) is 13.6 Å². The van der Waals surface area contributed by atoms with Gasteiger partial charge in [-0.05, 0) is 25.1 Å². The minimum Gasteiger partial charge on any atom is -0.225 e. The molecule has 0 radical (unpaired) electrons. The van der Waals surface area contributed by atoms with E-state index in [0.717, 1.165) is 16.4 Å². The van der Waals surface area contributed by atoms with Crippen LogP contribution in [0.15, 0.2) is 40.1 Å². The van der Waals surface area contributed by atoms with Crippen LogP contribution in [0.4, 0.5) is 4.39 Å². The molecule has 0 saturated heterocycles. The number of rotatable bonds is 5. The van der Waals surface area contributed by atoms with Crippen molar-refractivity contribution in [3.8, 4) is 0 Å². The van der Waals surface area contributed by atoms with Crippen LogP contribution in [0.3, 0.4) is 0 Å².